The van der Waals surface area contributed by atoms with Crippen molar-refractivity contribution in [3.8, 4) is 0 Å². The molecule has 2 aromatic heterocycles. The quantitative estimate of drug-likeness (QED) is 0.779. The Morgan fingerprint density at radius 3 is 2.68 bits per heavy atom. The molecule has 0 saturated carbocycles. The third kappa shape index (κ3) is 2.62. The van der Waals surface area contributed by atoms with Crippen molar-refractivity contribution in [2.24, 2.45) is 0 Å². The summed E-state index contributed by atoms with van der Waals surface area (Å²) in [6.45, 7) is 3.71. The second kappa shape index (κ2) is 5.67. The van der Waals surface area contributed by atoms with Crippen LogP contribution in [0.2, 0.25) is 0 Å². The van der Waals surface area contributed by atoms with E-state index in [1.54, 1.807) is 13.1 Å². The van der Waals surface area contributed by atoms with Gasteiger partial charge in [0, 0.05) is 23.0 Å². The van der Waals surface area contributed by atoms with Gasteiger partial charge in [-0.1, -0.05) is 6.07 Å². The van der Waals surface area contributed by atoms with Crippen molar-refractivity contribution in [2.75, 3.05) is 5.32 Å². The number of halogens is 2. The van der Waals surface area contributed by atoms with E-state index in [0.717, 1.165) is 11.8 Å². The predicted molar refractivity (Wildman–Crippen MR) is 82.7 cm³/mol. The van der Waals surface area contributed by atoms with E-state index < -0.39 is 11.6 Å². The minimum atomic E-state index is -0.922. The Morgan fingerprint density at radius 2 is 1.95 bits per heavy atom. The molecular weight excluding hydrogens is 284 g/mol. The monoisotopic (exact) mass is 299 g/mol. The van der Waals surface area contributed by atoms with E-state index in [0.29, 0.717) is 16.8 Å². The fourth-order valence-corrected chi connectivity index (χ4v) is 2.42. The third-order valence-corrected chi connectivity index (χ3v) is 3.50. The molecule has 0 radical (unpaired) electrons. The topological polar surface area (TPSA) is 37.8 Å². The van der Waals surface area contributed by atoms with Crippen LogP contribution in [0.5, 0.6) is 0 Å². The zero-order chi connectivity index (χ0) is 15.7. The Hall–Kier alpha value is -2.56. The van der Waals surface area contributed by atoms with Crippen molar-refractivity contribution in [3.63, 3.8) is 0 Å². The van der Waals surface area contributed by atoms with Crippen molar-refractivity contribution >= 4 is 16.6 Å². The molecule has 3 rings (SSSR count). The standard InChI is InChI=1S/C17H15F2N3/c1-10-9-15(22-11(2)14-5-3-4-8-20-14)12-6-7-13(18)16(19)17(12)21-10/h3-9,11H,1-2H3,(H,21,22). The van der Waals surface area contributed by atoms with E-state index in [2.05, 4.69) is 15.3 Å². The average molecular weight is 299 g/mol. The minimum Gasteiger partial charge on any atom is -0.376 e. The van der Waals surface area contributed by atoms with Gasteiger partial charge in [0.15, 0.2) is 11.6 Å². The second-order valence-electron chi connectivity index (χ2n) is 5.19. The molecule has 0 aliphatic heterocycles. The molecule has 1 atom stereocenters. The minimum absolute atomic E-state index is 0.0377. The Morgan fingerprint density at radius 1 is 1.14 bits per heavy atom. The summed E-state index contributed by atoms with van der Waals surface area (Å²) < 4.78 is 27.3. The number of anilines is 1. The maximum absolute atomic E-state index is 13.9. The molecular formula is C17H15F2N3. The number of hydrogen-bond acceptors (Lipinski definition) is 3. The van der Waals surface area contributed by atoms with Gasteiger partial charge in [-0.25, -0.2) is 13.8 Å². The van der Waals surface area contributed by atoms with Crippen LogP contribution < -0.4 is 5.32 Å². The lowest BCUT2D eigenvalue weighted by molar-refractivity contribution is 0.515. The van der Waals surface area contributed by atoms with E-state index in [4.69, 9.17) is 0 Å². The fourth-order valence-electron chi connectivity index (χ4n) is 2.42. The SMILES string of the molecule is Cc1cc(NC(C)c2ccccn2)c2ccc(F)c(F)c2n1. The number of nitrogens with zero attached hydrogens (tertiary/aromatic N) is 2. The van der Waals surface area contributed by atoms with Crippen LogP contribution in [0.1, 0.15) is 24.4 Å². The normalized spacial score (nSPS) is 12.4. The van der Waals surface area contributed by atoms with Gasteiger partial charge in [-0.2, -0.15) is 0 Å². The molecule has 2 heterocycles. The zero-order valence-corrected chi connectivity index (χ0v) is 12.3. The van der Waals surface area contributed by atoms with Crippen LogP contribution in [-0.2, 0) is 0 Å². The first-order valence-electron chi connectivity index (χ1n) is 6.99. The Labute approximate surface area is 127 Å². The van der Waals surface area contributed by atoms with E-state index in [9.17, 15) is 8.78 Å². The molecule has 0 fully saturated rings. The number of aromatic nitrogens is 2. The molecule has 3 nitrogen and oxygen atoms in total. The third-order valence-electron chi connectivity index (χ3n) is 3.50. The van der Waals surface area contributed by atoms with Crippen LogP contribution in [0, 0.1) is 18.6 Å². The summed E-state index contributed by atoms with van der Waals surface area (Å²) in [5.74, 6) is -1.82. The average Bonchev–Trinajstić information content (AvgIpc) is 2.52. The van der Waals surface area contributed by atoms with Gasteiger partial charge in [-0.05, 0) is 44.2 Å². The molecule has 0 bridgehead atoms. The molecule has 112 valence electrons. The number of nitrogens with one attached hydrogen (secondary N) is 1. The highest BCUT2D eigenvalue weighted by atomic mass is 19.2. The van der Waals surface area contributed by atoms with Gasteiger partial charge in [0.1, 0.15) is 5.52 Å². The molecule has 0 saturated heterocycles. The molecule has 0 aliphatic rings. The van der Waals surface area contributed by atoms with E-state index in [-0.39, 0.29) is 11.6 Å². The van der Waals surface area contributed by atoms with E-state index in [1.807, 2.05) is 31.2 Å². The summed E-state index contributed by atoms with van der Waals surface area (Å²) in [5.41, 5.74) is 2.23. The fraction of sp³-hybridized carbons (Fsp3) is 0.176. The molecule has 0 spiro atoms. The number of fused-ring (bicyclic) bond motifs is 1. The maximum Gasteiger partial charge on any atom is 0.185 e. The van der Waals surface area contributed by atoms with Crippen molar-refractivity contribution in [3.05, 3.63) is 65.6 Å². The number of benzene rings is 1. The summed E-state index contributed by atoms with van der Waals surface area (Å²) in [7, 11) is 0. The van der Waals surface area contributed by atoms with Crippen molar-refractivity contribution < 1.29 is 8.78 Å². The van der Waals surface area contributed by atoms with Gasteiger partial charge >= 0.3 is 0 Å². The van der Waals surface area contributed by atoms with Gasteiger partial charge < -0.3 is 5.32 Å². The highest BCUT2D eigenvalue weighted by molar-refractivity contribution is 5.92. The van der Waals surface area contributed by atoms with Gasteiger partial charge in [-0.3, -0.25) is 4.98 Å². The number of aryl methyl sites for hydroxylation is 1. The van der Waals surface area contributed by atoms with Crippen molar-refractivity contribution in [2.45, 2.75) is 19.9 Å². The van der Waals surface area contributed by atoms with Crippen LogP contribution in [0.4, 0.5) is 14.5 Å². The van der Waals surface area contributed by atoms with Gasteiger partial charge in [0.2, 0.25) is 0 Å². The summed E-state index contributed by atoms with van der Waals surface area (Å²) in [4.78, 5) is 8.40. The maximum atomic E-state index is 13.9. The molecule has 22 heavy (non-hydrogen) atoms. The van der Waals surface area contributed by atoms with E-state index >= 15 is 0 Å². The lowest BCUT2D eigenvalue weighted by Crippen LogP contribution is -2.09. The molecule has 3 aromatic rings. The number of rotatable bonds is 3. The summed E-state index contributed by atoms with van der Waals surface area (Å²) in [6.07, 6.45) is 1.72. The van der Waals surface area contributed by atoms with Crippen LogP contribution in [-0.4, -0.2) is 9.97 Å². The van der Waals surface area contributed by atoms with Crippen molar-refractivity contribution in [1.82, 2.24) is 9.97 Å². The number of hydrogen-bond donors (Lipinski definition) is 1. The summed E-state index contributed by atoms with van der Waals surface area (Å²) in [5, 5.41) is 3.85. The molecule has 0 amide bonds. The Bertz CT molecular complexity index is 819. The molecule has 0 aliphatic carbocycles. The summed E-state index contributed by atoms with van der Waals surface area (Å²) >= 11 is 0. The number of pyridine rings is 2. The molecule has 1 aromatic carbocycles. The van der Waals surface area contributed by atoms with Crippen molar-refractivity contribution in [1.29, 1.82) is 0 Å². The van der Waals surface area contributed by atoms with Gasteiger partial charge in [0.05, 0.1) is 11.7 Å². The van der Waals surface area contributed by atoms with Gasteiger partial charge in [-0.15, -0.1) is 0 Å². The largest absolute Gasteiger partial charge is 0.376 e. The van der Waals surface area contributed by atoms with E-state index in [1.165, 1.54) is 6.07 Å². The van der Waals surface area contributed by atoms with Crippen LogP contribution >= 0.6 is 0 Å². The highest BCUT2D eigenvalue weighted by Crippen LogP contribution is 2.29. The molecule has 5 heteroatoms. The Balaban J connectivity index is 2.06. The highest BCUT2D eigenvalue weighted by Gasteiger charge is 2.14. The molecule has 1 unspecified atom stereocenters. The first kappa shape index (κ1) is 14.4. The van der Waals surface area contributed by atoms with Crippen LogP contribution in [0.15, 0.2) is 42.6 Å². The zero-order valence-electron chi connectivity index (χ0n) is 12.3. The Kier molecular flexibility index (Phi) is 3.71. The second-order valence-corrected chi connectivity index (χ2v) is 5.19. The predicted octanol–water partition coefficient (Wildman–Crippen LogP) is 4.39. The van der Waals surface area contributed by atoms with Gasteiger partial charge in [0.25, 0.3) is 0 Å². The first-order valence-corrected chi connectivity index (χ1v) is 6.99. The summed E-state index contributed by atoms with van der Waals surface area (Å²) in [6, 6.07) is 10.1. The van der Waals surface area contributed by atoms with Crippen LogP contribution in [0.3, 0.4) is 0 Å². The lowest BCUT2D eigenvalue weighted by atomic mass is 10.1. The first-order chi connectivity index (χ1) is 10.6. The van der Waals surface area contributed by atoms with Crippen LogP contribution in [0.25, 0.3) is 10.9 Å². The smallest absolute Gasteiger partial charge is 0.185 e. The molecule has 1 N–H and O–H groups in total. The lowest BCUT2D eigenvalue weighted by Gasteiger charge is -2.17.